The van der Waals surface area contributed by atoms with Crippen LogP contribution in [0.3, 0.4) is 0 Å². The minimum atomic E-state index is -1.42. The number of carbonyl (C=O) groups excluding carboxylic acids is 2. The first-order valence-electron chi connectivity index (χ1n) is 13.7. The molecule has 3 atom stereocenters. The van der Waals surface area contributed by atoms with Crippen molar-refractivity contribution in [1.29, 1.82) is 0 Å². The van der Waals surface area contributed by atoms with E-state index in [1.54, 1.807) is 23.1 Å². The van der Waals surface area contributed by atoms with Crippen LogP contribution in [-0.4, -0.2) is 61.2 Å². The van der Waals surface area contributed by atoms with Gasteiger partial charge in [-0.15, -0.1) is 0 Å². The highest BCUT2D eigenvalue weighted by Gasteiger charge is 2.42. The molecule has 0 spiro atoms. The van der Waals surface area contributed by atoms with Gasteiger partial charge in [-0.2, -0.15) is 0 Å². The number of rotatable bonds is 11. The Kier molecular flexibility index (Phi) is 11.0. The smallest absolute Gasteiger partial charge is 0.317 e. The van der Waals surface area contributed by atoms with E-state index in [0.717, 1.165) is 19.4 Å². The van der Waals surface area contributed by atoms with Gasteiger partial charge < -0.3 is 26.0 Å². The summed E-state index contributed by atoms with van der Waals surface area (Å²) in [6.07, 6.45) is 9.57. The van der Waals surface area contributed by atoms with Gasteiger partial charge in [-0.3, -0.25) is 4.79 Å². The molecule has 202 valence electrons. The van der Waals surface area contributed by atoms with Gasteiger partial charge in [-0.25, -0.2) is 9.18 Å². The molecular weight excluding hydrogens is 459 g/mol. The van der Waals surface area contributed by atoms with Crippen LogP contribution in [0.1, 0.15) is 76.7 Å². The Morgan fingerprint density at radius 2 is 1.92 bits per heavy atom. The number of aliphatic hydroxyl groups is 1. The van der Waals surface area contributed by atoms with Gasteiger partial charge in [0.1, 0.15) is 5.82 Å². The van der Waals surface area contributed by atoms with Crippen LogP contribution in [0.5, 0.6) is 0 Å². The Labute approximate surface area is 215 Å². The molecule has 0 unspecified atom stereocenters. The van der Waals surface area contributed by atoms with Crippen molar-refractivity contribution < 1.29 is 19.1 Å². The standard InChI is InChI=1S/C28H45FN4O3/c1-21(34)31-16-9-15-28(36,25-13-6-7-14-26(25)29)23-12-8-17-33(20-23)27(35)32-24(19-30-2)18-22-10-4-3-5-11-22/h6-7,13-14,22-24,30,36H,3-5,8-12,15-20H2,1-2H3,(H,31,34)(H,32,35)/t23-,24+,28+/m1/s1. The van der Waals surface area contributed by atoms with Crippen LogP contribution in [-0.2, 0) is 10.4 Å². The first-order chi connectivity index (χ1) is 17.3. The van der Waals surface area contributed by atoms with Crippen molar-refractivity contribution in [2.45, 2.75) is 82.8 Å². The van der Waals surface area contributed by atoms with Crippen LogP contribution in [0.15, 0.2) is 24.3 Å². The zero-order valence-electron chi connectivity index (χ0n) is 22.0. The van der Waals surface area contributed by atoms with Gasteiger partial charge in [0.05, 0.1) is 5.60 Å². The third kappa shape index (κ3) is 7.90. The second kappa shape index (κ2) is 13.9. The van der Waals surface area contributed by atoms with Crippen LogP contribution < -0.4 is 16.0 Å². The zero-order valence-corrected chi connectivity index (χ0v) is 22.0. The Bertz CT molecular complexity index is 848. The van der Waals surface area contributed by atoms with E-state index in [9.17, 15) is 19.1 Å². The number of halogens is 1. The lowest BCUT2D eigenvalue weighted by atomic mass is 9.74. The summed E-state index contributed by atoms with van der Waals surface area (Å²) in [5.41, 5.74) is -1.15. The molecule has 2 aliphatic rings. The molecule has 2 fully saturated rings. The van der Waals surface area contributed by atoms with Gasteiger partial charge >= 0.3 is 6.03 Å². The van der Waals surface area contributed by atoms with Gasteiger partial charge in [-0.05, 0) is 51.1 Å². The van der Waals surface area contributed by atoms with E-state index in [2.05, 4.69) is 16.0 Å². The van der Waals surface area contributed by atoms with Crippen LogP contribution in [0.2, 0.25) is 0 Å². The topological polar surface area (TPSA) is 93.7 Å². The van der Waals surface area contributed by atoms with Crippen LogP contribution in [0.4, 0.5) is 9.18 Å². The first-order valence-corrected chi connectivity index (χ1v) is 13.7. The number of likely N-dealkylation sites (N-methyl/N-ethyl adjacent to an activating group) is 1. The minimum Gasteiger partial charge on any atom is -0.385 e. The third-order valence-electron chi connectivity index (χ3n) is 7.95. The monoisotopic (exact) mass is 504 g/mol. The van der Waals surface area contributed by atoms with E-state index < -0.39 is 11.4 Å². The number of amides is 3. The highest BCUT2D eigenvalue weighted by molar-refractivity contribution is 5.74. The lowest BCUT2D eigenvalue weighted by Gasteiger charge is -2.43. The molecule has 1 saturated carbocycles. The van der Waals surface area contributed by atoms with E-state index in [1.165, 1.54) is 45.1 Å². The van der Waals surface area contributed by atoms with E-state index in [1.807, 2.05) is 7.05 Å². The van der Waals surface area contributed by atoms with Crippen molar-refractivity contribution in [3.8, 4) is 0 Å². The Balaban J connectivity index is 1.69. The number of nitrogens with one attached hydrogen (secondary N) is 3. The molecule has 4 N–H and O–H groups in total. The van der Waals surface area contributed by atoms with Gasteiger partial charge in [0, 0.05) is 50.6 Å². The molecule has 36 heavy (non-hydrogen) atoms. The number of likely N-dealkylation sites (tertiary alicyclic amines) is 1. The largest absolute Gasteiger partial charge is 0.385 e. The summed E-state index contributed by atoms with van der Waals surface area (Å²) in [6.45, 7) is 3.58. The molecule has 1 aliphatic carbocycles. The molecule has 0 radical (unpaired) electrons. The maximum atomic E-state index is 14.9. The molecule has 1 aromatic carbocycles. The average Bonchev–Trinajstić information content (AvgIpc) is 2.87. The summed E-state index contributed by atoms with van der Waals surface area (Å²) in [6, 6.07) is 6.32. The maximum Gasteiger partial charge on any atom is 0.317 e. The van der Waals surface area contributed by atoms with Crippen LogP contribution in [0, 0.1) is 17.7 Å². The summed E-state index contributed by atoms with van der Waals surface area (Å²) in [5.74, 6) is -0.217. The Morgan fingerprint density at radius 1 is 1.17 bits per heavy atom. The Hall–Kier alpha value is -2.19. The van der Waals surface area contributed by atoms with Gasteiger partial charge in [0.25, 0.3) is 0 Å². The summed E-state index contributed by atoms with van der Waals surface area (Å²) >= 11 is 0. The molecule has 1 aliphatic heterocycles. The summed E-state index contributed by atoms with van der Waals surface area (Å²) in [5, 5.41) is 21.1. The zero-order chi connectivity index (χ0) is 26.0. The van der Waals surface area contributed by atoms with Crippen LogP contribution in [0.25, 0.3) is 0 Å². The number of nitrogens with zero attached hydrogens (tertiary/aromatic N) is 1. The number of urea groups is 1. The molecule has 7 nitrogen and oxygen atoms in total. The van der Waals surface area contributed by atoms with Gasteiger partial charge in [-0.1, -0.05) is 50.3 Å². The number of hydrogen-bond acceptors (Lipinski definition) is 4. The summed E-state index contributed by atoms with van der Waals surface area (Å²) < 4.78 is 14.9. The van der Waals surface area contributed by atoms with Crippen molar-refractivity contribution in [3.05, 3.63) is 35.6 Å². The van der Waals surface area contributed by atoms with Gasteiger partial charge in [0.2, 0.25) is 5.91 Å². The van der Waals surface area contributed by atoms with E-state index in [4.69, 9.17) is 0 Å². The highest BCUT2D eigenvalue weighted by Crippen LogP contribution is 2.40. The lowest BCUT2D eigenvalue weighted by molar-refractivity contribution is -0.119. The minimum absolute atomic E-state index is 0.0640. The third-order valence-corrected chi connectivity index (χ3v) is 7.95. The molecule has 1 saturated heterocycles. The molecular formula is C28H45FN4O3. The molecule has 1 aromatic rings. The number of benzene rings is 1. The van der Waals surface area contributed by atoms with Crippen molar-refractivity contribution in [2.75, 3.05) is 33.2 Å². The van der Waals surface area contributed by atoms with Gasteiger partial charge in [0.15, 0.2) is 0 Å². The first kappa shape index (κ1) is 28.4. The highest BCUT2D eigenvalue weighted by atomic mass is 19.1. The molecule has 0 aromatic heterocycles. The predicted octanol–water partition coefficient (Wildman–Crippen LogP) is 3.91. The summed E-state index contributed by atoms with van der Waals surface area (Å²) in [7, 11) is 1.91. The normalized spacial score (nSPS) is 21.4. The molecule has 1 heterocycles. The summed E-state index contributed by atoms with van der Waals surface area (Å²) in [4.78, 5) is 26.4. The predicted molar refractivity (Wildman–Crippen MR) is 140 cm³/mol. The Morgan fingerprint density at radius 3 is 2.61 bits per heavy atom. The van der Waals surface area contributed by atoms with Crippen molar-refractivity contribution >= 4 is 11.9 Å². The maximum absolute atomic E-state index is 14.9. The number of carbonyl (C=O) groups is 2. The van der Waals surface area contributed by atoms with E-state index >= 15 is 0 Å². The molecule has 8 heteroatoms. The second-order valence-corrected chi connectivity index (χ2v) is 10.7. The van der Waals surface area contributed by atoms with Crippen LogP contribution >= 0.6 is 0 Å². The SMILES string of the molecule is CNC[C@H](CC1CCCCC1)NC(=O)N1CCC[C@@H]([C@@](O)(CCCNC(C)=O)c2ccccc2F)C1. The molecule has 3 rings (SSSR count). The van der Waals surface area contributed by atoms with Crippen molar-refractivity contribution in [2.24, 2.45) is 11.8 Å². The fourth-order valence-electron chi connectivity index (χ4n) is 6.08. The van der Waals surface area contributed by atoms with E-state index in [-0.39, 0.29) is 29.5 Å². The average molecular weight is 505 g/mol. The molecule has 0 bridgehead atoms. The number of hydrogen-bond donors (Lipinski definition) is 4. The van der Waals surface area contributed by atoms with E-state index in [0.29, 0.717) is 44.8 Å². The van der Waals surface area contributed by atoms with Crippen molar-refractivity contribution in [1.82, 2.24) is 20.9 Å². The quantitative estimate of drug-likeness (QED) is 0.344. The van der Waals surface area contributed by atoms with Crippen molar-refractivity contribution in [3.63, 3.8) is 0 Å². The second-order valence-electron chi connectivity index (χ2n) is 10.7. The molecule has 3 amide bonds. The lowest BCUT2D eigenvalue weighted by Crippen LogP contribution is -2.54. The fourth-order valence-corrected chi connectivity index (χ4v) is 6.08. The number of piperidine rings is 1. The fraction of sp³-hybridized carbons (Fsp3) is 0.714.